The number of halogens is 1. The van der Waals surface area contributed by atoms with Crippen LogP contribution in [0.5, 0.6) is 0 Å². The maximum Gasteiger partial charge on any atom is 0.308 e. The number of rotatable bonds is 9. The standard InChI is InChI=1S/C17H34ClN3O2SSi/c1-17(2,3)25(6,7)16-19-14-15(12-10-8-9-11-13-18)21(16)24(22,23)20(4)5/h14H,8-13H2,1-7H3. The van der Waals surface area contributed by atoms with Gasteiger partial charge in [-0.1, -0.05) is 46.7 Å². The molecule has 0 amide bonds. The van der Waals surface area contributed by atoms with Crippen molar-refractivity contribution in [1.29, 1.82) is 0 Å². The maximum atomic E-state index is 13.0. The molecule has 0 aliphatic heterocycles. The van der Waals surface area contributed by atoms with E-state index < -0.39 is 18.3 Å². The van der Waals surface area contributed by atoms with Gasteiger partial charge in [0.2, 0.25) is 0 Å². The molecule has 0 aromatic carbocycles. The summed E-state index contributed by atoms with van der Waals surface area (Å²) in [6.45, 7) is 10.9. The quantitative estimate of drug-likeness (QED) is 0.357. The van der Waals surface area contributed by atoms with Gasteiger partial charge >= 0.3 is 10.2 Å². The lowest BCUT2D eigenvalue weighted by atomic mass is 10.1. The summed E-state index contributed by atoms with van der Waals surface area (Å²) in [5.74, 6) is 0.683. The second kappa shape index (κ2) is 8.54. The van der Waals surface area contributed by atoms with Gasteiger partial charge in [-0.25, -0.2) is 8.96 Å². The number of imidazole rings is 1. The van der Waals surface area contributed by atoms with Gasteiger partial charge in [-0.3, -0.25) is 0 Å². The highest BCUT2D eigenvalue weighted by Gasteiger charge is 2.43. The molecule has 146 valence electrons. The third-order valence-corrected chi connectivity index (χ3v) is 12.7. The second-order valence-electron chi connectivity index (χ2n) is 8.36. The Morgan fingerprint density at radius 1 is 1.16 bits per heavy atom. The molecule has 0 unspecified atom stereocenters. The molecule has 0 N–H and O–H groups in total. The zero-order chi connectivity index (χ0) is 19.5. The molecule has 0 radical (unpaired) electrons. The summed E-state index contributed by atoms with van der Waals surface area (Å²) < 4.78 is 28.8. The molecule has 0 atom stereocenters. The Morgan fingerprint density at radius 2 is 1.72 bits per heavy atom. The average Bonchev–Trinajstić information content (AvgIpc) is 2.90. The number of hydrogen-bond acceptors (Lipinski definition) is 3. The van der Waals surface area contributed by atoms with Gasteiger partial charge in [0, 0.05) is 26.2 Å². The van der Waals surface area contributed by atoms with Crippen molar-refractivity contribution < 1.29 is 8.42 Å². The predicted molar refractivity (Wildman–Crippen MR) is 110 cm³/mol. The van der Waals surface area contributed by atoms with Crippen molar-refractivity contribution >= 4 is 35.3 Å². The van der Waals surface area contributed by atoms with Crippen molar-refractivity contribution in [3.05, 3.63) is 11.9 Å². The monoisotopic (exact) mass is 407 g/mol. The minimum Gasteiger partial charge on any atom is -0.246 e. The van der Waals surface area contributed by atoms with E-state index in [1.54, 1.807) is 20.3 Å². The first kappa shape index (κ1) is 22.7. The van der Waals surface area contributed by atoms with Crippen molar-refractivity contribution in [2.24, 2.45) is 0 Å². The fraction of sp³-hybridized carbons (Fsp3) is 0.824. The van der Waals surface area contributed by atoms with E-state index in [0.717, 1.165) is 43.2 Å². The van der Waals surface area contributed by atoms with E-state index >= 15 is 0 Å². The molecule has 0 aliphatic rings. The van der Waals surface area contributed by atoms with Crippen LogP contribution >= 0.6 is 11.6 Å². The molecule has 0 saturated heterocycles. The van der Waals surface area contributed by atoms with Crippen LogP contribution in [0.2, 0.25) is 18.1 Å². The summed E-state index contributed by atoms with van der Waals surface area (Å²) in [6, 6.07) is 0. The van der Waals surface area contributed by atoms with E-state index in [4.69, 9.17) is 11.6 Å². The number of unbranched alkanes of at least 4 members (excludes halogenated alkanes) is 3. The van der Waals surface area contributed by atoms with Gasteiger partial charge < -0.3 is 0 Å². The van der Waals surface area contributed by atoms with Crippen LogP contribution in [0.25, 0.3) is 0 Å². The Bertz CT molecular complexity index is 664. The average molecular weight is 408 g/mol. The molecular formula is C17H34ClN3O2SSi. The van der Waals surface area contributed by atoms with Crippen LogP contribution in [0, 0.1) is 0 Å². The van der Waals surface area contributed by atoms with Gasteiger partial charge in [0.05, 0.1) is 5.69 Å². The van der Waals surface area contributed by atoms with Crippen LogP contribution in [-0.4, -0.2) is 49.7 Å². The number of aryl methyl sites for hydroxylation is 1. The number of hydrogen-bond donors (Lipinski definition) is 0. The Kier molecular flexibility index (Phi) is 7.75. The van der Waals surface area contributed by atoms with Gasteiger partial charge in [-0.2, -0.15) is 12.7 Å². The normalized spacial score (nSPS) is 13.6. The van der Waals surface area contributed by atoms with E-state index in [0.29, 0.717) is 5.88 Å². The second-order valence-corrected chi connectivity index (χ2v) is 15.9. The van der Waals surface area contributed by atoms with E-state index in [1.165, 1.54) is 8.28 Å². The fourth-order valence-electron chi connectivity index (χ4n) is 2.47. The zero-order valence-electron chi connectivity index (χ0n) is 16.8. The third kappa shape index (κ3) is 5.08. The van der Waals surface area contributed by atoms with Gasteiger partial charge in [-0.05, 0) is 24.3 Å². The van der Waals surface area contributed by atoms with Crippen LogP contribution < -0.4 is 5.45 Å². The predicted octanol–water partition coefficient (Wildman–Crippen LogP) is 3.59. The summed E-state index contributed by atoms with van der Waals surface area (Å²) in [7, 11) is -2.52. The lowest BCUT2D eigenvalue weighted by Crippen LogP contribution is -2.56. The number of nitrogens with zero attached hydrogens (tertiary/aromatic N) is 3. The molecule has 0 fully saturated rings. The maximum absolute atomic E-state index is 13.0. The van der Waals surface area contributed by atoms with Gasteiger partial charge in [0.15, 0.2) is 0 Å². The minimum absolute atomic E-state index is 0.00948. The summed E-state index contributed by atoms with van der Waals surface area (Å²) in [5.41, 5.74) is 1.53. The van der Waals surface area contributed by atoms with Crippen molar-refractivity contribution in [1.82, 2.24) is 13.3 Å². The largest absolute Gasteiger partial charge is 0.308 e. The molecule has 1 heterocycles. The van der Waals surface area contributed by atoms with Crippen LogP contribution in [-0.2, 0) is 16.6 Å². The molecule has 1 rings (SSSR count). The Morgan fingerprint density at radius 3 is 2.20 bits per heavy atom. The van der Waals surface area contributed by atoms with Crippen LogP contribution in [0.3, 0.4) is 0 Å². The van der Waals surface area contributed by atoms with E-state index in [2.05, 4.69) is 38.8 Å². The molecule has 1 aromatic rings. The van der Waals surface area contributed by atoms with E-state index in [-0.39, 0.29) is 5.04 Å². The first-order valence-corrected chi connectivity index (χ1v) is 13.9. The molecular weight excluding hydrogens is 374 g/mol. The van der Waals surface area contributed by atoms with Gasteiger partial charge in [-0.15, -0.1) is 11.6 Å². The number of aromatic nitrogens is 2. The summed E-state index contributed by atoms with van der Waals surface area (Å²) in [5, 5.41) is 0.00948. The van der Waals surface area contributed by atoms with Crippen molar-refractivity contribution in [2.45, 2.75) is 71.0 Å². The summed E-state index contributed by atoms with van der Waals surface area (Å²) in [6.07, 6.45) is 6.56. The smallest absolute Gasteiger partial charge is 0.246 e. The fourth-order valence-corrected chi connectivity index (χ4v) is 6.42. The first-order chi connectivity index (χ1) is 11.4. The molecule has 0 saturated carbocycles. The first-order valence-electron chi connectivity index (χ1n) is 8.93. The summed E-state index contributed by atoms with van der Waals surface area (Å²) in [4.78, 5) is 4.62. The zero-order valence-corrected chi connectivity index (χ0v) is 19.3. The highest BCUT2D eigenvalue weighted by Crippen LogP contribution is 2.35. The van der Waals surface area contributed by atoms with Crippen molar-refractivity contribution in [3.8, 4) is 0 Å². The molecule has 8 heteroatoms. The SMILES string of the molecule is CN(C)S(=O)(=O)n1c(CCCCCCCl)cnc1[Si](C)(C)C(C)(C)C. The van der Waals surface area contributed by atoms with Crippen LogP contribution in [0.4, 0.5) is 0 Å². The number of alkyl halides is 1. The third-order valence-electron chi connectivity index (χ3n) is 5.23. The van der Waals surface area contributed by atoms with Crippen molar-refractivity contribution in [3.63, 3.8) is 0 Å². The van der Waals surface area contributed by atoms with Crippen LogP contribution in [0.15, 0.2) is 6.20 Å². The lowest BCUT2D eigenvalue weighted by Gasteiger charge is -2.36. The van der Waals surface area contributed by atoms with Gasteiger partial charge in [0.25, 0.3) is 0 Å². The Balaban J connectivity index is 3.28. The highest BCUT2D eigenvalue weighted by atomic mass is 35.5. The summed E-state index contributed by atoms with van der Waals surface area (Å²) >= 11 is 5.72. The van der Waals surface area contributed by atoms with E-state index in [9.17, 15) is 8.42 Å². The molecule has 1 aromatic heterocycles. The lowest BCUT2D eigenvalue weighted by molar-refractivity contribution is 0.509. The van der Waals surface area contributed by atoms with E-state index in [1.807, 2.05) is 0 Å². The molecule has 0 aliphatic carbocycles. The molecule has 25 heavy (non-hydrogen) atoms. The van der Waals surface area contributed by atoms with Crippen LogP contribution in [0.1, 0.15) is 52.1 Å². The van der Waals surface area contributed by atoms with Crippen molar-refractivity contribution in [2.75, 3.05) is 20.0 Å². The minimum atomic E-state index is -3.58. The Hall–Kier alpha value is -0.373. The van der Waals surface area contributed by atoms with Gasteiger partial charge in [0.1, 0.15) is 13.5 Å². The molecule has 5 nitrogen and oxygen atoms in total. The molecule has 0 spiro atoms. The molecule has 0 bridgehead atoms. The Labute approximate surface area is 160 Å². The topological polar surface area (TPSA) is 55.2 Å². The highest BCUT2D eigenvalue weighted by molar-refractivity contribution is 7.87.